The Morgan fingerprint density at radius 3 is 2.31 bits per heavy atom. The van der Waals surface area contributed by atoms with E-state index < -0.39 is 5.60 Å². The van der Waals surface area contributed by atoms with Crippen LogP contribution in [0.15, 0.2) is 6.33 Å². The number of aromatic nitrogens is 5. The number of aliphatic hydroxyl groups is 1. The quantitative estimate of drug-likeness (QED) is 0.688. The average molecular weight is 499 g/mol. The second-order valence-electron chi connectivity index (χ2n) is 13.0. The highest BCUT2D eigenvalue weighted by atomic mass is 32.1. The molecule has 5 fully saturated rings. The largest absolute Gasteiger partial charge is 0.382 e. The van der Waals surface area contributed by atoms with E-state index in [1.807, 2.05) is 14.5 Å². The van der Waals surface area contributed by atoms with Crippen molar-refractivity contribution in [1.29, 1.82) is 0 Å². The van der Waals surface area contributed by atoms with Crippen LogP contribution in [0.2, 0.25) is 0 Å². The molecule has 2 saturated carbocycles. The highest BCUT2D eigenvalue weighted by Crippen LogP contribution is 2.55. The fourth-order valence-corrected chi connectivity index (χ4v) is 7.35. The molecule has 2 aromatic heterocycles. The Bertz CT molecular complexity index is 1150. The van der Waals surface area contributed by atoms with Crippen LogP contribution in [0.5, 0.6) is 0 Å². The summed E-state index contributed by atoms with van der Waals surface area (Å²) in [6.45, 7) is 12.9. The fraction of sp³-hybridized carbons (Fsp3) is 0.792. The van der Waals surface area contributed by atoms with Crippen molar-refractivity contribution in [3.8, 4) is 0 Å². The molecule has 1 N–H and O–H groups in total. The maximum Gasteiger partial charge on any atom is 0.320 e. The Labute approximate surface area is 209 Å². The molecular formula is C24H34N8O2S. The molecule has 2 aromatic rings. The second kappa shape index (κ2) is 7.01. The minimum Gasteiger partial charge on any atom is -0.382 e. The van der Waals surface area contributed by atoms with Gasteiger partial charge in [0.05, 0.1) is 12.6 Å². The van der Waals surface area contributed by atoms with Gasteiger partial charge in [-0.05, 0) is 25.7 Å². The van der Waals surface area contributed by atoms with Crippen molar-refractivity contribution in [3.63, 3.8) is 0 Å². The highest BCUT2D eigenvalue weighted by molar-refractivity contribution is 7.11. The summed E-state index contributed by atoms with van der Waals surface area (Å²) in [6, 6.07) is 0.553. The molecule has 0 radical (unpaired) electrons. The van der Waals surface area contributed by atoms with Crippen LogP contribution < -0.4 is 0 Å². The molecule has 0 atom stereocenters. The van der Waals surface area contributed by atoms with Gasteiger partial charge in [-0.1, -0.05) is 32.1 Å². The fourth-order valence-electron chi connectivity index (χ4n) is 6.41. The lowest BCUT2D eigenvalue weighted by atomic mass is 9.60. The molecule has 188 valence electrons. The van der Waals surface area contributed by atoms with Gasteiger partial charge in [-0.15, -0.1) is 10.2 Å². The first-order valence-electron chi connectivity index (χ1n) is 12.8. The Balaban J connectivity index is 0.845. The third kappa shape index (κ3) is 3.61. The minimum atomic E-state index is -0.772. The minimum absolute atomic E-state index is 0.0516. The van der Waals surface area contributed by atoms with Crippen molar-refractivity contribution in [2.45, 2.75) is 70.1 Å². The molecule has 5 aliphatic rings. The van der Waals surface area contributed by atoms with Gasteiger partial charge in [0.2, 0.25) is 0 Å². The monoisotopic (exact) mass is 498 g/mol. The Kier molecular flexibility index (Phi) is 4.43. The second-order valence-corrected chi connectivity index (χ2v) is 14.1. The summed E-state index contributed by atoms with van der Waals surface area (Å²) >= 11 is 1.72. The zero-order valence-electron chi connectivity index (χ0n) is 20.8. The molecule has 11 heteroatoms. The van der Waals surface area contributed by atoms with E-state index in [2.05, 4.69) is 46.0 Å². The van der Waals surface area contributed by atoms with E-state index in [4.69, 9.17) is 0 Å². The molecule has 35 heavy (non-hydrogen) atoms. The lowest BCUT2D eigenvalue weighted by Crippen LogP contribution is -2.75. The summed E-state index contributed by atoms with van der Waals surface area (Å²) in [5.41, 5.74) is -0.178. The number of rotatable bonds is 4. The predicted molar refractivity (Wildman–Crippen MR) is 129 cm³/mol. The van der Waals surface area contributed by atoms with Gasteiger partial charge in [0.25, 0.3) is 0 Å². The third-order valence-electron chi connectivity index (χ3n) is 8.59. The zero-order valence-corrected chi connectivity index (χ0v) is 21.6. The first-order valence-corrected chi connectivity index (χ1v) is 13.6. The number of hydrogen-bond donors (Lipinski definition) is 1. The molecule has 2 spiro atoms. The number of urea groups is 1. The van der Waals surface area contributed by atoms with E-state index in [0.717, 1.165) is 81.5 Å². The van der Waals surface area contributed by atoms with Crippen LogP contribution in [0.1, 0.15) is 68.3 Å². The lowest BCUT2D eigenvalue weighted by molar-refractivity contribution is -0.120. The van der Waals surface area contributed by atoms with Crippen LogP contribution in [0, 0.1) is 10.8 Å². The molecule has 0 aromatic carbocycles. The molecule has 2 aliphatic carbocycles. The molecule has 10 nitrogen and oxygen atoms in total. The summed E-state index contributed by atoms with van der Waals surface area (Å²) in [5, 5.41) is 25.7. The van der Waals surface area contributed by atoms with Gasteiger partial charge in [-0.25, -0.2) is 14.5 Å². The van der Waals surface area contributed by atoms with Crippen molar-refractivity contribution in [1.82, 2.24) is 39.7 Å². The molecule has 3 saturated heterocycles. The molecule has 0 unspecified atom stereocenters. The van der Waals surface area contributed by atoms with Gasteiger partial charge >= 0.3 is 6.03 Å². The van der Waals surface area contributed by atoms with Crippen LogP contribution in [0.3, 0.4) is 0 Å². The van der Waals surface area contributed by atoms with Gasteiger partial charge in [0, 0.05) is 55.5 Å². The molecule has 2 amide bonds. The van der Waals surface area contributed by atoms with Crippen molar-refractivity contribution in [2.24, 2.45) is 10.8 Å². The van der Waals surface area contributed by atoms with Gasteiger partial charge < -0.3 is 14.9 Å². The van der Waals surface area contributed by atoms with E-state index in [1.165, 1.54) is 0 Å². The van der Waals surface area contributed by atoms with Crippen molar-refractivity contribution >= 4 is 17.4 Å². The number of likely N-dealkylation sites (tertiary alicyclic amines) is 3. The Morgan fingerprint density at radius 1 is 1.06 bits per heavy atom. The van der Waals surface area contributed by atoms with E-state index in [9.17, 15) is 9.90 Å². The first kappa shape index (κ1) is 22.1. The average Bonchev–Trinajstić information content (AvgIpc) is 3.10. The maximum absolute atomic E-state index is 13.0. The SMILES string of the molecule is CC(C)(C)c1nnc(CN2CC3(C2)CN(C(=O)N2CC4(CC(n5cnc(C6(O)CC6)n5)C4)C2)C3)s1. The molecule has 5 heterocycles. The summed E-state index contributed by atoms with van der Waals surface area (Å²) in [6.07, 6.45) is 5.37. The summed E-state index contributed by atoms with van der Waals surface area (Å²) in [4.78, 5) is 23.8. The molecule has 0 bridgehead atoms. The lowest BCUT2D eigenvalue weighted by Gasteiger charge is -2.63. The molecular weight excluding hydrogens is 464 g/mol. The standard InChI is InChI=1S/C24H34N8O2S/c1-21(2,3)19-27-26-17(35-19)8-29-9-23(10-29)13-31(14-23)20(33)30-11-22(12-30)6-16(7-22)32-15-25-18(28-32)24(34)4-5-24/h15-16,34H,4-14H2,1-3H3. The van der Waals surface area contributed by atoms with Crippen molar-refractivity contribution in [3.05, 3.63) is 22.2 Å². The number of hydrogen-bond acceptors (Lipinski definition) is 8. The number of carbonyl (C=O) groups is 1. The predicted octanol–water partition coefficient (Wildman–Crippen LogP) is 1.98. The van der Waals surface area contributed by atoms with Crippen molar-refractivity contribution in [2.75, 3.05) is 39.3 Å². The van der Waals surface area contributed by atoms with E-state index >= 15 is 0 Å². The normalized spacial score (nSPS) is 26.3. The van der Waals surface area contributed by atoms with Crippen LogP contribution in [0.25, 0.3) is 0 Å². The Hall–Kier alpha value is -2.11. The van der Waals surface area contributed by atoms with Gasteiger partial charge in [0.15, 0.2) is 5.82 Å². The van der Waals surface area contributed by atoms with E-state index in [0.29, 0.717) is 11.9 Å². The Morgan fingerprint density at radius 2 is 1.71 bits per heavy atom. The van der Waals surface area contributed by atoms with Gasteiger partial charge in [-0.3, -0.25) is 4.90 Å². The first-order chi connectivity index (χ1) is 16.5. The summed E-state index contributed by atoms with van der Waals surface area (Å²) < 4.78 is 1.93. The van der Waals surface area contributed by atoms with Gasteiger partial charge in [0.1, 0.15) is 21.9 Å². The van der Waals surface area contributed by atoms with Gasteiger partial charge in [-0.2, -0.15) is 5.10 Å². The zero-order chi connectivity index (χ0) is 24.2. The number of amides is 2. The van der Waals surface area contributed by atoms with Crippen molar-refractivity contribution < 1.29 is 9.90 Å². The van der Waals surface area contributed by atoms with E-state index in [1.54, 1.807) is 17.7 Å². The molecule has 3 aliphatic heterocycles. The summed E-state index contributed by atoms with van der Waals surface area (Å²) in [7, 11) is 0. The maximum atomic E-state index is 13.0. The van der Waals surface area contributed by atoms with Crippen LogP contribution in [0.4, 0.5) is 4.79 Å². The number of nitrogens with zero attached hydrogens (tertiary/aromatic N) is 8. The van der Waals surface area contributed by atoms with Crippen LogP contribution >= 0.6 is 11.3 Å². The van der Waals surface area contributed by atoms with Crippen LogP contribution in [-0.4, -0.2) is 90.1 Å². The number of carbonyl (C=O) groups excluding carboxylic acids is 1. The topological polar surface area (TPSA) is 104 Å². The smallest absolute Gasteiger partial charge is 0.320 e. The molecule has 7 rings (SSSR count). The van der Waals surface area contributed by atoms with E-state index in [-0.39, 0.29) is 22.3 Å². The van der Waals surface area contributed by atoms with Crippen LogP contribution in [-0.2, 0) is 17.6 Å². The third-order valence-corrected chi connectivity index (χ3v) is 9.92. The summed E-state index contributed by atoms with van der Waals surface area (Å²) in [5.74, 6) is 0.572. The highest BCUT2D eigenvalue weighted by Gasteiger charge is 2.58.